The second-order valence-electron chi connectivity index (χ2n) is 10.9. The van der Waals surface area contributed by atoms with Crippen molar-refractivity contribution in [3.8, 4) is 23.0 Å². The van der Waals surface area contributed by atoms with E-state index >= 15 is 0 Å². The number of rotatable bonds is 12. The summed E-state index contributed by atoms with van der Waals surface area (Å²) in [5.74, 6) is 0.543. The number of ketones is 1. The van der Waals surface area contributed by atoms with Gasteiger partial charge in [0.1, 0.15) is 11.5 Å². The Labute approximate surface area is 247 Å². The van der Waals surface area contributed by atoms with Crippen molar-refractivity contribution in [3.63, 3.8) is 0 Å². The van der Waals surface area contributed by atoms with Crippen molar-refractivity contribution in [1.82, 2.24) is 9.80 Å². The van der Waals surface area contributed by atoms with Crippen LogP contribution in [0.25, 0.3) is 5.76 Å². The number of likely N-dealkylation sites (tertiary alicyclic amines) is 1. The minimum absolute atomic E-state index is 0.0135. The van der Waals surface area contributed by atoms with E-state index < -0.39 is 17.7 Å². The minimum atomic E-state index is -0.861. The third kappa shape index (κ3) is 6.65. The van der Waals surface area contributed by atoms with Gasteiger partial charge in [0.2, 0.25) is 5.75 Å². The number of carbonyl (C=O) groups excluding carboxylic acids is 2. The molecule has 0 saturated carbocycles. The Morgan fingerprint density at radius 3 is 2.24 bits per heavy atom. The van der Waals surface area contributed by atoms with Crippen molar-refractivity contribution in [2.24, 2.45) is 5.92 Å². The molecule has 0 bridgehead atoms. The summed E-state index contributed by atoms with van der Waals surface area (Å²) in [6.07, 6.45) is 0.648. The molecule has 0 unspecified atom stereocenters. The summed E-state index contributed by atoms with van der Waals surface area (Å²) < 4.78 is 27.9. The Kier molecular flexibility index (Phi) is 10.3. The molecule has 1 N–H and O–H groups in total. The zero-order valence-electron chi connectivity index (χ0n) is 25.4. The van der Waals surface area contributed by atoms with E-state index in [1.807, 2.05) is 13.0 Å². The van der Waals surface area contributed by atoms with Gasteiger partial charge in [-0.05, 0) is 60.7 Å². The van der Waals surface area contributed by atoms with E-state index in [2.05, 4.69) is 18.7 Å². The fraction of sp³-hybridized carbons (Fsp3) is 0.500. The molecule has 2 aromatic carbocycles. The van der Waals surface area contributed by atoms with Crippen molar-refractivity contribution in [2.75, 3.05) is 67.3 Å². The maximum atomic E-state index is 13.6. The normalized spacial score (nSPS) is 18.9. The molecule has 0 spiro atoms. The molecular formula is C32H42N2O8. The summed E-state index contributed by atoms with van der Waals surface area (Å²) in [5.41, 5.74) is 1.75. The first-order valence-corrected chi connectivity index (χ1v) is 14.3. The molecule has 0 radical (unpaired) electrons. The second-order valence-corrected chi connectivity index (χ2v) is 10.9. The van der Waals surface area contributed by atoms with E-state index in [1.54, 1.807) is 24.3 Å². The van der Waals surface area contributed by atoms with Crippen molar-refractivity contribution in [1.29, 1.82) is 0 Å². The Morgan fingerprint density at radius 1 is 1.00 bits per heavy atom. The molecule has 2 aromatic rings. The highest BCUT2D eigenvalue weighted by Crippen LogP contribution is 2.46. The lowest BCUT2D eigenvalue weighted by molar-refractivity contribution is -0.140. The van der Waals surface area contributed by atoms with Gasteiger partial charge >= 0.3 is 0 Å². The summed E-state index contributed by atoms with van der Waals surface area (Å²) in [4.78, 5) is 31.0. The predicted octanol–water partition coefficient (Wildman–Crippen LogP) is 4.20. The third-order valence-electron chi connectivity index (χ3n) is 7.56. The molecule has 1 atom stereocenters. The van der Waals surface area contributed by atoms with Gasteiger partial charge in [-0.3, -0.25) is 14.5 Å². The Balaban J connectivity index is 1.77. The number of hydrogen-bond acceptors (Lipinski definition) is 9. The molecule has 2 aliphatic heterocycles. The van der Waals surface area contributed by atoms with Gasteiger partial charge in [-0.1, -0.05) is 13.8 Å². The first-order valence-electron chi connectivity index (χ1n) is 14.3. The number of amides is 1. The van der Waals surface area contributed by atoms with Gasteiger partial charge in [-0.25, -0.2) is 0 Å². The molecule has 1 amide bonds. The molecule has 0 aromatic heterocycles. The van der Waals surface area contributed by atoms with Crippen LogP contribution in [-0.2, 0) is 14.3 Å². The van der Waals surface area contributed by atoms with Crippen molar-refractivity contribution in [3.05, 3.63) is 52.6 Å². The topological polar surface area (TPSA) is 107 Å². The number of Topliss-reactive ketones (excluding diaryl/α,β-unsaturated/α-hetero) is 1. The van der Waals surface area contributed by atoms with Gasteiger partial charge in [0.25, 0.3) is 11.7 Å². The number of aryl methyl sites for hydroxylation is 1. The van der Waals surface area contributed by atoms with Crippen LogP contribution in [0, 0.1) is 12.8 Å². The van der Waals surface area contributed by atoms with Crippen LogP contribution >= 0.6 is 0 Å². The van der Waals surface area contributed by atoms with Crippen LogP contribution in [0.4, 0.5) is 0 Å². The van der Waals surface area contributed by atoms with Gasteiger partial charge in [-0.2, -0.15) is 0 Å². The van der Waals surface area contributed by atoms with Gasteiger partial charge in [0, 0.05) is 31.7 Å². The van der Waals surface area contributed by atoms with Crippen molar-refractivity contribution >= 4 is 17.4 Å². The van der Waals surface area contributed by atoms with Crippen LogP contribution in [0.5, 0.6) is 23.0 Å². The number of nitrogens with zero attached hydrogens (tertiary/aromatic N) is 2. The van der Waals surface area contributed by atoms with Gasteiger partial charge in [0.05, 0.1) is 52.8 Å². The number of ether oxygens (including phenoxy) is 5. The standard InChI is InChI=1S/C32H42N2O8/c1-20(2)19-42-23-8-9-24(21(3)16-23)29(35)27-28(22-17-25(38-4)31(40-6)26(18-22)39-5)34(32(37)30(27)36)11-7-10-33-12-14-41-15-13-33/h8-9,16-18,20,28,35H,7,10-15,19H2,1-6H3/b29-27+/t28-/m1/s1. The van der Waals surface area contributed by atoms with Gasteiger partial charge in [-0.15, -0.1) is 0 Å². The molecule has 228 valence electrons. The summed E-state index contributed by atoms with van der Waals surface area (Å²) >= 11 is 0. The monoisotopic (exact) mass is 582 g/mol. The smallest absolute Gasteiger partial charge is 0.295 e. The molecule has 0 aliphatic carbocycles. The molecule has 2 aliphatic rings. The first kappa shape index (κ1) is 31.2. The molecule has 4 rings (SSSR count). The predicted molar refractivity (Wildman–Crippen MR) is 158 cm³/mol. The lowest BCUT2D eigenvalue weighted by Gasteiger charge is -2.29. The third-order valence-corrected chi connectivity index (χ3v) is 7.56. The van der Waals surface area contributed by atoms with Crippen LogP contribution in [-0.4, -0.2) is 93.9 Å². The summed E-state index contributed by atoms with van der Waals surface area (Å²) in [6.45, 7) is 10.6. The summed E-state index contributed by atoms with van der Waals surface area (Å²) in [5, 5.41) is 11.7. The largest absolute Gasteiger partial charge is 0.507 e. The number of aliphatic hydroxyl groups excluding tert-OH is 1. The highest BCUT2D eigenvalue weighted by Gasteiger charge is 2.46. The lowest BCUT2D eigenvalue weighted by atomic mass is 9.93. The summed E-state index contributed by atoms with van der Waals surface area (Å²) in [6, 6.07) is 7.88. The molecule has 10 nitrogen and oxygen atoms in total. The number of hydrogen-bond donors (Lipinski definition) is 1. The number of aliphatic hydroxyl groups is 1. The quantitative estimate of drug-likeness (QED) is 0.224. The second kappa shape index (κ2) is 13.9. The number of methoxy groups -OCH3 is 3. The molecule has 10 heteroatoms. The number of morpholine rings is 1. The molecule has 2 fully saturated rings. The zero-order chi connectivity index (χ0) is 30.4. The lowest BCUT2D eigenvalue weighted by Crippen LogP contribution is -2.39. The average molecular weight is 583 g/mol. The van der Waals surface area contributed by atoms with E-state index in [4.69, 9.17) is 23.7 Å². The van der Waals surface area contributed by atoms with Crippen LogP contribution in [0.3, 0.4) is 0 Å². The van der Waals surface area contributed by atoms with E-state index in [0.29, 0.717) is 72.8 Å². The Hall–Kier alpha value is -3.76. The van der Waals surface area contributed by atoms with Crippen LogP contribution in [0.2, 0.25) is 0 Å². The van der Waals surface area contributed by atoms with Crippen molar-refractivity contribution < 1.29 is 38.4 Å². The Morgan fingerprint density at radius 2 is 1.67 bits per heavy atom. The maximum absolute atomic E-state index is 13.6. The van der Waals surface area contributed by atoms with Crippen LogP contribution < -0.4 is 18.9 Å². The molecule has 42 heavy (non-hydrogen) atoms. The first-order chi connectivity index (χ1) is 20.2. The van der Waals surface area contributed by atoms with Crippen LogP contribution in [0.1, 0.15) is 43.0 Å². The zero-order valence-corrected chi connectivity index (χ0v) is 25.4. The fourth-order valence-electron chi connectivity index (χ4n) is 5.41. The van der Waals surface area contributed by atoms with Gasteiger partial charge in [0.15, 0.2) is 11.5 Å². The Bertz CT molecular complexity index is 1290. The fourth-order valence-corrected chi connectivity index (χ4v) is 5.41. The van der Waals surface area contributed by atoms with Crippen molar-refractivity contribution in [2.45, 2.75) is 33.2 Å². The van der Waals surface area contributed by atoms with Gasteiger partial charge < -0.3 is 33.7 Å². The highest BCUT2D eigenvalue weighted by atomic mass is 16.5. The van der Waals surface area contributed by atoms with E-state index in [0.717, 1.165) is 25.2 Å². The molecular weight excluding hydrogens is 540 g/mol. The number of benzene rings is 2. The van der Waals surface area contributed by atoms with E-state index in [9.17, 15) is 14.7 Å². The molecule has 2 heterocycles. The van der Waals surface area contributed by atoms with E-state index in [1.165, 1.54) is 26.2 Å². The SMILES string of the molecule is COc1cc([C@@H]2/C(=C(\O)c3ccc(OCC(C)C)cc3C)C(=O)C(=O)N2CCCN2CCOCC2)cc(OC)c1OC. The van der Waals surface area contributed by atoms with Crippen LogP contribution in [0.15, 0.2) is 35.9 Å². The number of carbonyl (C=O) groups is 2. The van der Waals surface area contributed by atoms with E-state index in [-0.39, 0.29) is 11.3 Å². The highest BCUT2D eigenvalue weighted by molar-refractivity contribution is 6.46. The average Bonchev–Trinajstić information content (AvgIpc) is 3.24. The minimum Gasteiger partial charge on any atom is -0.507 e. The molecule has 2 saturated heterocycles. The maximum Gasteiger partial charge on any atom is 0.295 e. The summed E-state index contributed by atoms with van der Waals surface area (Å²) in [7, 11) is 4.52.